The maximum absolute atomic E-state index is 11.9. The van der Waals surface area contributed by atoms with Crippen LogP contribution in [0.25, 0.3) is 0 Å². The van der Waals surface area contributed by atoms with Crippen LogP contribution in [0.3, 0.4) is 0 Å². The summed E-state index contributed by atoms with van der Waals surface area (Å²) in [4.78, 5) is 34.2. The van der Waals surface area contributed by atoms with Crippen molar-refractivity contribution in [3.05, 3.63) is 28.8 Å². The van der Waals surface area contributed by atoms with Gasteiger partial charge in [0.15, 0.2) is 0 Å². The molecule has 4 N–H and O–H groups in total. The van der Waals surface area contributed by atoms with E-state index in [0.717, 1.165) is 10.5 Å². The van der Waals surface area contributed by atoms with Crippen LogP contribution in [0.1, 0.15) is 5.56 Å². The highest BCUT2D eigenvalue weighted by molar-refractivity contribution is 6.31. The number of nitrogens with zero attached hydrogens (tertiary/aromatic N) is 1. The lowest BCUT2D eigenvalue weighted by Crippen LogP contribution is -2.43. The maximum Gasteiger partial charge on any atom is 0.323 e. The molecule has 7 nitrogen and oxygen atoms in total. The predicted molar refractivity (Wildman–Crippen MR) is 73.6 cm³/mol. The average molecular weight is 300 g/mol. The summed E-state index contributed by atoms with van der Waals surface area (Å²) in [5.41, 5.74) is 6.20. The number of hydrogen-bond donors (Lipinski definition) is 3. The van der Waals surface area contributed by atoms with Gasteiger partial charge in [0.25, 0.3) is 0 Å². The van der Waals surface area contributed by atoms with Crippen LogP contribution < -0.4 is 11.1 Å². The SMILES string of the molecule is Cc1ccc(NC(=O)N(CC(N)=O)CC(=O)O)cc1Cl. The third kappa shape index (κ3) is 4.77. The second kappa shape index (κ2) is 6.76. The molecule has 0 aromatic heterocycles. The van der Waals surface area contributed by atoms with Crippen molar-refractivity contribution in [1.29, 1.82) is 0 Å². The number of aliphatic carboxylic acids is 1. The Morgan fingerprint density at radius 1 is 1.35 bits per heavy atom. The number of benzene rings is 1. The summed E-state index contributed by atoms with van der Waals surface area (Å²) in [6.45, 7) is 0.684. The number of rotatable bonds is 5. The number of anilines is 1. The molecule has 0 aliphatic carbocycles. The van der Waals surface area contributed by atoms with Crippen LogP contribution in [0.15, 0.2) is 18.2 Å². The van der Waals surface area contributed by atoms with Crippen molar-refractivity contribution in [1.82, 2.24) is 4.90 Å². The van der Waals surface area contributed by atoms with Crippen molar-refractivity contribution in [3.63, 3.8) is 0 Å². The van der Waals surface area contributed by atoms with Crippen LogP contribution in [-0.2, 0) is 9.59 Å². The molecule has 20 heavy (non-hydrogen) atoms. The number of carbonyl (C=O) groups is 3. The van der Waals surface area contributed by atoms with Gasteiger partial charge in [-0.25, -0.2) is 4.79 Å². The maximum atomic E-state index is 11.9. The van der Waals surface area contributed by atoms with Crippen molar-refractivity contribution < 1.29 is 19.5 Å². The Morgan fingerprint density at radius 2 is 2.00 bits per heavy atom. The molecule has 0 aliphatic heterocycles. The predicted octanol–water partition coefficient (Wildman–Crippen LogP) is 1.05. The highest BCUT2D eigenvalue weighted by Gasteiger charge is 2.19. The minimum absolute atomic E-state index is 0.394. The quantitative estimate of drug-likeness (QED) is 0.754. The van der Waals surface area contributed by atoms with Crippen LogP contribution in [0.4, 0.5) is 10.5 Å². The molecular weight excluding hydrogens is 286 g/mol. The van der Waals surface area contributed by atoms with Crippen LogP contribution >= 0.6 is 11.6 Å². The molecule has 0 saturated heterocycles. The van der Waals surface area contributed by atoms with Gasteiger partial charge in [-0.15, -0.1) is 0 Å². The fraction of sp³-hybridized carbons (Fsp3) is 0.250. The summed E-state index contributed by atoms with van der Waals surface area (Å²) in [7, 11) is 0. The largest absolute Gasteiger partial charge is 0.480 e. The van der Waals surface area contributed by atoms with E-state index in [4.69, 9.17) is 22.4 Å². The molecule has 0 radical (unpaired) electrons. The normalized spacial score (nSPS) is 9.90. The first-order valence-electron chi connectivity index (χ1n) is 5.61. The van der Waals surface area contributed by atoms with Gasteiger partial charge in [-0.05, 0) is 24.6 Å². The van der Waals surface area contributed by atoms with Crippen LogP contribution in [0.2, 0.25) is 5.02 Å². The standard InChI is InChI=1S/C12H14ClN3O4/c1-7-2-3-8(4-9(7)13)15-12(20)16(5-10(14)17)6-11(18)19/h2-4H,5-6H2,1H3,(H2,14,17)(H,15,20)(H,18,19). The number of carboxylic acids is 1. The summed E-state index contributed by atoms with van der Waals surface area (Å²) in [6, 6.07) is 4.10. The third-order valence-corrected chi connectivity index (χ3v) is 2.79. The first-order chi connectivity index (χ1) is 9.29. The monoisotopic (exact) mass is 299 g/mol. The lowest BCUT2D eigenvalue weighted by Gasteiger charge is -2.19. The van der Waals surface area contributed by atoms with Crippen molar-refractivity contribution in [3.8, 4) is 0 Å². The number of urea groups is 1. The minimum Gasteiger partial charge on any atom is -0.480 e. The summed E-state index contributed by atoms with van der Waals surface area (Å²) in [5, 5.41) is 11.6. The number of halogens is 1. The molecule has 0 fully saturated rings. The molecule has 0 atom stereocenters. The first-order valence-corrected chi connectivity index (χ1v) is 5.99. The zero-order chi connectivity index (χ0) is 15.3. The molecule has 1 aromatic carbocycles. The highest BCUT2D eigenvalue weighted by Crippen LogP contribution is 2.20. The fourth-order valence-electron chi connectivity index (χ4n) is 1.42. The van der Waals surface area contributed by atoms with Crippen LogP contribution in [0.5, 0.6) is 0 Å². The van der Waals surface area contributed by atoms with E-state index in [9.17, 15) is 14.4 Å². The van der Waals surface area contributed by atoms with Crippen molar-refractivity contribution in [2.45, 2.75) is 6.92 Å². The van der Waals surface area contributed by atoms with Gasteiger partial charge in [0.1, 0.15) is 13.1 Å². The second-order valence-electron chi connectivity index (χ2n) is 4.11. The van der Waals surface area contributed by atoms with Gasteiger partial charge in [0.05, 0.1) is 0 Å². The van der Waals surface area contributed by atoms with Gasteiger partial charge >= 0.3 is 12.0 Å². The highest BCUT2D eigenvalue weighted by atomic mass is 35.5. The Bertz CT molecular complexity index is 532. The minimum atomic E-state index is -1.25. The molecule has 0 heterocycles. The van der Waals surface area contributed by atoms with Gasteiger partial charge in [0.2, 0.25) is 5.91 Å². The summed E-state index contributed by atoms with van der Waals surface area (Å²) >= 11 is 5.91. The number of aryl methyl sites for hydroxylation is 1. The summed E-state index contributed by atoms with van der Waals surface area (Å²) in [5.74, 6) is -2.05. The Labute approximate surface area is 120 Å². The lowest BCUT2D eigenvalue weighted by atomic mass is 10.2. The van der Waals surface area contributed by atoms with E-state index in [0.29, 0.717) is 10.7 Å². The summed E-state index contributed by atoms with van der Waals surface area (Å²) < 4.78 is 0. The summed E-state index contributed by atoms with van der Waals surface area (Å²) in [6.07, 6.45) is 0. The van der Waals surface area contributed by atoms with Gasteiger partial charge in [-0.3, -0.25) is 9.59 Å². The molecule has 0 aliphatic rings. The number of nitrogens with one attached hydrogen (secondary N) is 1. The van der Waals surface area contributed by atoms with Crippen molar-refractivity contribution in [2.75, 3.05) is 18.4 Å². The van der Waals surface area contributed by atoms with Gasteiger partial charge in [0, 0.05) is 10.7 Å². The number of nitrogens with two attached hydrogens (primary N) is 1. The lowest BCUT2D eigenvalue weighted by molar-refractivity contribution is -0.137. The second-order valence-corrected chi connectivity index (χ2v) is 4.52. The topological polar surface area (TPSA) is 113 Å². The molecule has 0 spiro atoms. The van der Waals surface area contributed by atoms with Crippen LogP contribution in [0, 0.1) is 6.92 Å². The van der Waals surface area contributed by atoms with Gasteiger partial charge < -0.3 is 21.1 Å². The fourth-order valence-corrected chi connectivity index (χ4v) is 1.60. The van der Waals surface area contributed by atoms with E-state index in [1.54, 1.807) is 19.1 Å². The smallest absolute Gasteiger partial charge is 0.323 e. The van der Waals surface area contributed by atoms with Gasteiger partial charge in [-0.1, -0.05) is 17.7 Å². The Morgan fingerprint density at radius 3 is 2.50 bits per heavy atom. The molecule has 3 amide bonds. The molecule has 108 valence electrons. The van der Waals surface area contributed by atoms with E-state index in [-0.39, 0.29) is 0 Å². The zero-order valence-corrected chi connectivity index (χ0v) is 11.5. The first kappa shape index (κ1) is 15.8. The van der Waals surface area contributed by atoms with E-state index in [1.165, 1.54) is 6.07 Å². The number of primary amides is 1. The molecule has 8 heteroatoms. The van der Waals surface area contributed by atoms with Gasteiger partial charge in [-0.2, -0.15) is 0 Å². The average Bonchev–Trinajstić information content (AvgIpc) is 2.32. The Kier molecular flexibility index (Phi) is 5.33. The number of hydrogen-bond acceptors (Lipinski definition) is 3. The van der Waals surface area contributed by atoms with Crippen molar-refractivity contribution in [2.24, 2.45) is 5.73 Å². The molecule has 1 rings (SSSR count). The van der Waals surface area contributed by atoms with Crippen molar-refractivity contribution >= 4 is 35.2 Å². The molecule has 0 unspecified atom stereocenters. The third-order valence-electron chi connectivity index (χ3n) is 2.38. The molecule has 0 saturated carbocycles. The van der Waals surface area contributed by atoms with E-state index >= 15 is 0 Å². The molecular formula is C12H14ClN3O4. The molecule has 0 bridgehead atoms. The van der Waals surface area contributed by atoms with E-state index < -0.39 is 31.0 Å². The van der Waals surface area contributed by atoms with Crippen LogP contribution in [-0.4, -0.2) is 41.0 Å². The number of carbonyl (C=O) groups excluding carboxylic acids is 2. The number of amides is 3. The zero-order valence-electron chi connectivity index (χ0n) is 10.7. The van der Waals surface area contributed by atoms with E-state index in [1.807, 2.05) is 0 Å². The Hall–Kier alpha value is -2.28. The number of carboxylic acid groups (broad SMARTS) is 1. The van der Waals surface area contributed by atoms with E-state index in [2.05, 4.69) is 5.32 Å². The Balaban J connectivity index is 2.81. The molecule has 1 aromatic rings.